The fourth-order valence-electron chi connectivity index (χ4n) is 4.97. The van der Waals surface area contributed by atoms with Crippen LogP contribution in [0.1, 0.15) is 74.0 Å². The number of likely N-dealkylation sites (tertiary alicyclic amines) is 1. The van der Waals surface area contributed by atoms with Crippen LogP contribution in [0.15, 0.2) is 42.5 Å². The van der Waals surface area contributed by atoms with E-state index in [4.69, 9.17) is 9.47 Å². The minimum absolute atomic E-state index is 0.0276. The highest BCUT2D eigenvalue weighted by Gasteiger charge is 2.33. The molecule has 1 saturated heterocycles. The van der Waals surface area contributed by atoms with Crippen LogP contribution in [0.5, 0.6) is 5.75 Å². The van der Waals surface area contributed by atoms with Gasteiger partial charge in [-0.15, -0.1) is 0 Å². The second-order valence-corrected chi connectivity index (χ2v) is 11.2. The summed E-state index contributed by atoms with van der Waals surface area (Å²) in [5.74, 6) is 0.606. The molecule has 1 fully saturated rings. The maximum atomic E-state index is 13.1. The molecule has 7 nitrogen and oxygen atoms in total. The highest BCUT2D eigenvalue weighted by atomic mass is 16.6. The molecule has 2 unspecified atom stereocenters. The molecule has 0 radical (unpaired) electrons. The third kappa shape index (κ3) is 6.98. The van der Waals surface area contributed by atoms with E-state index in [2.05, 4.69) is 29.2 Å². The maximum absolute atomic E-state index is 13.1. The molecule has 2 aromatic rings. The lowest BCUT2D eigenvalue weighted by Gasteiger charge is -2.25. The number of carbonyl (C=O) groups is 3. The monoisotopic (exact) mass is 506 g/mol. The van der Waals surface area contributed by atoms with E-state index in [0.717, 1.165) is 43.5 Å². The van der Waals surface area contributed by atoms with Gasteiger partial charge >= 0.3 is 5.97 Å². The van der Waals surface area contributed by atoms with Crippen molar-refractivity contribution in [3.8, 4) is 5.75 Å². The van der Waals surface area contributed by atoms with Crippen molar-refractivity contribution in [1.82, 2.24) is 9.80 Å². The van der Waals surface area contributed by atoms with Crippen LogP contribution in [-0.2, 0) is 34.0 Å². The Morgan fingerprint density at radius 3 is 2.54 bits per heavy atom. The zero-order chi connectivity index (χ0) is 26.6. The van der Waals surface area contributed by atoms with Gasteiger partial charge in [-0.1, -0.05) is 30.3 Å². The van der Waals surface area contributed by atoms with E-state index >= 15 is 0 Å². The third-order valence-corrected chi connectivity index (χ3v) is 7.00. The van der Waals surface area contributed by atoms with Gasteiger partial charge in [-0.25, -0.2) is 0 Å². The standard InChI is InChI=1S/C30H38N2O5/c1-21(8-13-28(34)37-30(2,3)4)32-18-26-25(29(32)35)6-5-7-27(26)36-20-23-11-9-22(10-12-23)16-31-15-14-24(17-31)19-33/h5-7,9-12,19,21,24H,8,13-18,20H2,1-4H3. The lowest BCUT2D eigenvalue weighted by atomic mass is 10.1. The first-order valence-electron chi connectivity index (χ1n) is 13.2. The molecule has 0 N–H and O–H groups in total. The van der Waals surface area contributed by atoms with E-state index in [1.165, 1.54) is 5.56 Å². The molecule has 0 bridgehead atoms. The number of benzene rings is 2. The normalized spacial score (nSPS) is 18.5. The number of carbonyl (C=O) groups excluding carboxylic acids is 3. The van der Waals surface area contributed by atoms with Crippen molar-refractivity contribution in [2.75, 3.05) is 13.1 Å². The Bertz CT molecular complexity index is 1120. The summed E-state index contributed by atoms with van der Waals surface area (Å²) in [5.41, 5.74) is 3.32. The number of fused-ring (bicyclic) bond motifs is 1. The van der Waals surface area contributed by atoms with Crippen LogP contribution in [0.4, 0.5) is 0 Å². The Balaban J connectivity index is 1.32. The number of esters is 1. The van der Waals surface area contributed by atoms with Crippen LogP contribution in [-0.4, -0.2) is 52.7 Å². The van der Waals surface area contributed by atoms with Gasteiger partial charge in [0.2, 0.25) is 0 Å². The van der Waals surface area contributed by atoms with Crippen molar-refractivity contribution in [3.63, 3.8) is 0 Å². The minimum atomic E-state index is -0.513. The van der Waals surface area contributed by atoms with E-state index in [-0.39, 0.29) is 30.3 Å². The average Bonchev–Trinajstić information content (AvgIpc) is 3.45. The molecule has 4 rings (SSSR count). The fraction of sp³-hybridized carbons (Fsp3) is 0.500. The lowest BCUT2D eigenvalue weighted by Crippen LogP contribution is -2.34. The second kappa shape index (κ2) is 11.5. The average molecular weight is 507 g/mol. The Kier molecular flexibility index (Phi) is 8.32. The number of hydrogen-bond donors (Lipinski definition) is 0. The number of rotatable bonds is 10. The van der Waals surface area contributed by atoms with Gasteiger partial charge in [0.1, 0.15) is 24.2 Å². The van der Waals surface area contributed by atoms with Crippen molar-refractivity contribution >= 4 is 18.2 Å². The van der Waals surface area contributed by atoms with Gasteiger partial charge in [-0.2, -0.15) is 0 Å². The zero-order valence-electron chi connectivity index (χ0n) is 22.4. The molecule has 37 heavy (non-hydrogen) atoms. The van der Waals surface area contributed by atoms with Crippen molar-refractivity contribution in [3.05, 3.63) is 64.7 Å². The number of amides is 1. The number of hydrogen-bond acceptors (Lipinski definition) is 6. The summed E-state index contributed by atoms with van der Waals surface area (Å²) in [6, 6.07) is 13.9. The summed E-state index contributed by atoms with van der Waals surface area (Å²) in [5, 5.41) is 0. The first kappa shape index (κ1) is 26.9. The largest absolute Gasteiger partial charge is 0.489 e. The molecule has 198 valence electrons. The van der Waals surface area contributed by atoms with Crippen LogP contribution in [0, 0.1) is 5.92 Å². The Morgan fingerprint density at radius 2 is 1.86 bits per heavy atom. The van der Waals surface area contributed by atoms with Crippen LogP contribution in [0.2, 0.25) is 0 Å². The molecule has 2 atom stereocenters. The molecule has 2 aliphatic rings. The molecule has 0 aromatic heterocycles. The van der Waals surface area contributed by atoms with Crippen LogP contribution < -0.4 is 4.74 Å². The summed E-state index contributed by atoms with van der Waals surface area (Å²) >= 11 is 0. The zero-order valence-corrected chi connectivity index (χ0v) is 22.4. The molecular weight excluding hydrogens is 468 g/mol. The van der Waals surface area contributed by atoms with Crippen LogP contribution >= 0.6 is 0 Å². The van der Waals surface area contributed by atoms with Gasteiger partial charge in [0.25, 0.3) is 5.91 Å². The third-order valence-electron chi connectivity index (χ3n) is 7.00. The molecule has 1 amide bonds. The summed E-state index contributed by atoms with van der Waals surface area (Å²) in [6.45, 7) is 11.1. The highest BCUT2D eigenvalue weighted by molar-refractivity contribution is 5.99. The van der Waals surface area contributed by atoms with E-state index < -0.39 is 5.60 Å². The van der Waals surface area contributed by atoms with Crippen LogP contribution in [0.25, 0.3) is 0 Å². The minimum Gasteiger partial charge on any atom is -0.489 e. The first-order valence-corrected chi connectivity index (χ1v) is 13.2. The van der Waals surface area contributed by atoms with Crippen molar-refractivity contribution in [1.29, 1.82) is 0 Å². The first-order chi connectivity index (χ1) is 17.6. The number of ether oxygens (including phenoxy) is 2. The maximum Gasteiger partial charge on any atom is 0.306 e. The smallest absolute Gasteiger partial charge is 0.306 e. The highest BCUT2D eigenvalue weighted by Crippen LogP contribution is 2.33. The van der Waals surface area contributed by atoms with E-state index in [0.29, 0.717) is 30.9 Å². The van der Waals surface area contributed by atoms with E-state index in [9.17, 15) is 14.4 Å². The van der Waals surface area contributed by atoms with Gasteiger partial charge in [-0.3, -0.25) is 14.5 Å². The predicted octanol–water partition coefficient (Wildman–Crippen LogP) is 4.75. The molecule has 2 aliphatic heterocycles. The molecule has 0 aliphatic carbocycles. The SMILES string of the molecule is CC(CCC(=O)OC(C)(C)C)N1Cc2c(OCc3ccc(CN4CCC(C=O)C4)cc3)cccc2C1=O. The van der Waals surface area contributed by atoms with Crippen molar-refractivity contribution < 1.29 is 23.9 Å². The molecule has 0 saturated carbocycles. The van der Waals surface area contributed by atoms with Gasteiger partial charge < -0.3 is 19.2 Å². The topological polar surface area (TPSA) is 76.2 Å². The van der Waals surface area contributed by atoms with Gasteiger partial charge in [0.05, 0.1) is 6.54 Å². The Hall–Kier alpha value is -3.19. The summed E-state index contributed by atoms with van der Waals surface area (Å²) in [6.07, 6.45) is 2.83. The predicted molar refractivity (Wildman–Crippen MR) is 141 cm³/mol. The lowest BCUT2D eigenvalue weighted by molar-refractivity contribution is -0.155. The Morgan fingerprint density at radius 1 is 1.14 bits per heavy atom. The number of nitrogens with zero attached hydrogens (tertiary/aromatic N) is 2. The van der Waals surface area contributed by atoms with Crippen molar-refractivity contribution in [2.24, 2.45) is 5.92 Å². The van der Waals surface area contributed by atoms with Gasteiger partial charge in [-0.05, 0) is 70.3 Å². The fourth-order valence-corrected chi connectivity index (χ4v) is 4.97. The molecule has 0 spiro atoms. The molecule has 2 heterocycles. The van der Waals surface area contributed by atoms with Crippen LogP contribution in [0.3, 0.4) is 0 Å². The van der Waals surface area contributed by atoms with E-state index in [1.54, 1.807) is 0 Å². The molecular formula is C30H38N2O5. The van der Waals surface area contributed by atoms with E-state index in [1.807, 2.05) is 50.8 Å². The Labute approximate surface area is 219 Å². The summed E-state index contributed by atoms with van der Waals surface area (Å²) in [7, 11) is 0. The quantitative estimate of drug-likeness (QED) is 0.342. The number of aldehydes is 1. The summed E-state index contributed by atoms with van der Waals surface area (Å²) < 4.78 is 11.6. The van der Waals surface area contributed by atoms with Gasteiger partial charge in [0.15, 0.2) is 0 Å². The summed E-state index contributed by atoms with van der Waals surface area (Å²) in [4.78, 5) is 40.3. The van der Waals surface area contributed by atoms with Crippen molar-refractivity contribution in [2.45, 2.75) is 78.3 Å². The molecule has 2 aromatic carbocycles. The van der Waals surface area contributed by atoms with Gasteiger partial charge in [0, 0.05) is 42.6 Å². The molecule has 7 heteroatoms. The second-order valence-electron chi connectivity index (χ2n) is 11.2.